The van der Waals surface area contributed by atoms with E-state index in [4.69, 9.17) is 0 Å². The number of aromatic nitrogens is 2. The number of fused-ring (bicyclic) bond motifs is 1. The molecule has 0 radical (unpaired) electrons. The zero-order valence-corrected chi connectivity index (χ0v) is 18.9. The van der Waals surface area contributed by atoms with E-state index >= 15 is 0 Å². The number of hydrogen-bond acceptors (Lipinski definition) is 4. The number of aryl methyl sites for hydroxylation is 2. The maximum absolute atomic E-state index is 12.4. The number of carbonyl (C=O) groups is 1. The molecule has 1 amide bonds. The number of amides is 1. The van der Waals surface area contributed by atoms with Crippen LogP contribution >= 0.6 is 15.9 Å². The van der Waals surface area contributed by atoms with Gasteiger partial charge < -0.3 is 9.88 Å². The molecule has 0 saturated carbocycles. The quantitative estimate of drug-likeness (QED) is 0.561. The molecule has 0 aliphatic carbocycles. The first-order valence-corrected chi connectivity index (χ1v) is 11.4. The van der Waals surface area contributed by atoms with Gasteiger partial charge >= 0.3 is 0 Å². The van der Waals surface area contributed by atoms with Crippen LogP contribution in [-0.4, -0.2) is 42.3 Å². The Morgan fingerprint density at radius 2 is 1.86 bits per heavy atom. The van der Waals surface area contributed by atoms with Crippen molar-refractivity contribution < 1.29 is 13.2 Å². The van der Waals surface area contributed by atoms with Crippen LogP contribution in [0.5, 0.6) is 0 Å². The van der Waals surface area contributed by atoms with Crippen LogP contribution in [0.4, 0.5) is 5.69 Å². The van der Waals surface area contributed by atoms with Crippen molar-refractivity contribution in [2.75, 3.05) is 19.4 Å². The van der Waals surface area contributed by atoms with Crippen LogP contribution in [0, 0.1) is 0 Å². The molecular formula is C20H23BrN4O3S. The number of nitrogens with zero attached hydrogens (tertiary/aromatic N) is 3. The molecule has 2 aromatic carbocycles. The summed E-state index contributed by atoms with van der Waals surface area (Å²) in [6.45, 7) is 2.68. The van der Waals surface area contributed by atoms with Crippen molar-refractivity contribution >= 4 is 48.6 Å². The van der Waals surface area contributed by atoms with Crippen molar-refractivity contribution in [1.82, 2.24) is 13.9 Å². The summed E-state index contributed by atoms with van der Waals surface area (Å²) in [5.74, 6) is 0.658. The van der Waals surface area contributed by atoms with Crippen molar-refractivity contribution in [1.29, 1.82) is 0 Å². The largest absolute Gasteiger partial charge is 0.328 e. The summed E-state index contributed by atoms with van der Waals surface area (Å²) < 4.78 is 28.9. The zero-order chi connectivity index (χ0) is 21.2. The van der Waals surface area contributed by atoms with Gasteiger partial charge in [-0.2, -0.15) is 0 Å². The summed E-state index contributed by atoms with van der Waals surface area (Å²) in [6.07, 6.45) is 0.739. The molecular weight excluding hydrogens is 456 g/mol. The fourth-order valence-electron chi connectivity index (χ4n) is 3.06. The highest BCUT2D eigenvalue weighted by Crippen LogP contribution is 2.23. The summed E-state index contributed by atoms with van der Waals surface area (Å²) in [7, 11) is -0.526. The first-order valence-electron chi connectivity index (χ1n) is 9.19. The van der Waals surface area contributed by atoms with Crippen LogP contribution in [-0.2, 0) is 27.8 Å². The molecule has 0 spiro atoms. The number of sulfonamides is 1. The van der Waals surface area contributed by atoms with Crippen LogP contribution in [0.3, 0.4) is 0 Å². The van der Waals surface area contributed by atoms with Crippen molar-refractivity contribution in [3.05, 3.63) is 52.8 Å². The van der Waals surface area contributed by atoms with Crippen molar-refractivity contribution in [3.63, 3.8) is 0 Å². The van der Waals surface area contributed by atoms with E-state index in [1.807, 2.05) is 35.8 Å². The van der Waals surface area contributed by atoms with E-state index in [0.717, 1.165) is 21.5 Å². The number of nitrogens with one attached hydrogen (secondary N) is 1. The number of anilines is 1. The third kappa shape index (κ3) is 4.68. The Bertz CT molecular complexity index is 1140. The minimum atomic E-state index is -3.53. The second kappa shape index (κ2) is 8.64. The lowest BCUT2D eigenvalue weighted by molar-refractivity contribution is -0.116. The molecule has 1 aromatic heterocycles. The molecule has 0 aliphatic rings. The van der Waals surface area contributed by atoms with Crippen molar-refractivity contribution in [2.45, 2.75) is 31.2 Å². The van der Waals surface area contributed by atoms with Crippen molar-refractivity contribution in [2.24, 2.45) is 0 Å². The Kier molecular flexibility index (Phi) is 6.40. The molecule has 3 rings (SSSR count). The van der Waals surface area contributed by atoms with Gasteiger partial charge in [-0.3, -0.25) is 4.79 Å². The summed E-state index contributed by atoms with van der Waals surface area (Å²) in [4.78, 5) is 17.1. The predicted molar refractivity (Wildman–Crippen MR) is 117 cm³/mol. The number of benzene rings is 2. The van der Waals surface area contributed by atoms with Gasteiger partial charge in [-0.05, 0) is 49.4 Å². The molecule has 0 saturated heterocycles. The van der Waals surface area contributed by atoms with Crippen LogP contribution in [0.1, 0.15) is 19.2 Å². The molecule has 1 N–H and O–H groups in total. The molecule has 9 heteroatoms. The van der Waals surface area contributed by atoms with E-state index in [2.05, 4.69) is 26.2 Å². The van der Waals surface area contributed by atoms with E-state index < -0.39 is 10.0 Å². The minimum Gasteiger partial charge on any atom is -0.328 e. The summed E-state index contributed by atoms with van der Waals surface area (Å²) in [5.41, 5.74) is 2.20. The summed E-state index contributed by atoms with van der Waals surface area (Å²) >= 11 is 3.37. The average molecular weight is 479 g/mol. The average Bonchev–Trinajstić information content (AvgIpc) is 3.04. The first-order chi connectivity index (χ1) is 13.7. The van der Waals surface area contributed by atoms with Gasteiger partial charge in [0.2, 0.25) is 15.9 Å². The second-order valence-electron chi connectivity index (χ2n) is 6.77. The van der Waals surface area contributed by atoms with Gasteiger partial charge in [-0.25, -0.2) is 17.7 Å². The van der Waals surface area contributed by atoms with E-state index in [9.17, 15) is 13.2 Å². The number of hydrogen-bond donors (Lipinski definition) is 1. The van der Waals surface area contributed by atoms with Crippen LogP contribution in [0.2, 0.25) is 0 Å². The van der Waals surface area contributed by atoms with Gasteiger partial charge in [0.25, 0.3) is 0 Å². The Hall–Kier alpha value is -2.23. The maximum Gasteiger partial charge on any atom is 0.242 e. The lowest BCUT2D eigenvalue weighted by Gasteiger charge is -2.11. The molecule has 0 unspecified atom stereocenters. The Labute approximate surface area is 178 Å². The van der Waals surface area contributed by atoms with Crippen LogP contribution in [0.25, 0.3) is 11.0 Å². The molecule has 7 nitrogen and oxygen atoms in total. The molecule has 0 fully saturated rings. The number of halogens is 1. The first kappa shape index (κ1) is 21.5. The molecule has 0 bridgehead atoms. The SMILES string of the molecule is CCn1c(CCC(=O)Nc2ccc(Br)cc2)nc2cc(S(=O)(=O)N(C)C)ccc21. The standard InChI is InChI=1S/C20H23BrN4O3S/c1-4-25-18-10-9-16(29(27,28)24(2)3)13-17(18)23-19(25)11-12-20(26)22-15-7-5-14(21)6-8-15/h5-10,13H,4,11-12H2,1-3H3,(H,22,26). The number of carbonyl (C=O) groups excluding carboxylic acids is 1. The number of rotatable bonds is 7. The summed E-state index contributed by atoms with van der Waals surface area (Å²) in [5, 5.41) is 2.87. The van der Waals surface area contributed by atoms with Gasteiger partial charge in [0.15, 0.2) is 0 Å². The van der Waals surface area contributed by atoms with Crippen LogP contribution in [0.15, 0.2) is 51.8 Å². The van der Waals surface area contributed by atoms with E-state index in [0.29, 0.717) is 18.5 Å². The molecule has 3 aromatic rings. The third-order valence-corrected chi connectivity index (χ3v) is 6.94. The van der Waals surface area contributed by atoms with Gasteiger partial charge in [0.1, 0.15) is 5.82 Å². The van der Waals surface area contributed by atoms with Gasteiger partial charge in [-0.1, -0.05) is 15.9 Å². The maximum atomic E-state index is 12.4. The van der Waals surface area contributed by atoms with E-state index in [1.165, 1.54) is 18.4 Å². The molecule has 0 aliphatic heterocycles. The van der Waals surface area contributed by atoms with Crippen LogP contribution < -0.4 is 5.32 Å². The van der Waals surface area contributed by atoms with E-state index in [-0.39, 0.29) is 17.2 Å². The highest BCUT2D eigenvalue weighted by atomic mass is 79.9. The van der Waals surface area contributed by atoms with Crippen molar-refractivity contribution in [3.8, 4) is 0 Å². The lowest BCUT2D eigenvalue weighted by Crippen LogP contribution is -2.22. The van der Waals surface area contributed by atoms with E-state index in [1.54, 1.807) is 18.2 Å². The minimum absolute atomic E-state index is 0.0992. The Morgan fingerprint density at radius 3 is 2.48 bits per heavy atom. The Balaban J connectivity index is 1.80. The highest BCUT2D eigenvalue weighted by molar-refractivity contribution is 9.10. The molecule has 154 valence electrons. The van der Waals surface area contributed by atoms with Gasteiger partial charge in [-0.15, -0.1) is 0 Å². The smallest absolute Gasteiger partial charge is 0.242 e. The van der Waals surface area contributed by atoms with Gasteiger partial charge in [0, 0.05) is 43.6 Å². The predicted octanol–water partition coefficient (Wildman–Crippen LogP) is 3.64. The lowest BCUT2D eigenvalue weighted by atomic mass is 10.2. The summed E-state index contributed by atoms with van der Waals surface area (Å²) in [6, 6.07) is 12.3. The Morgan fingerprint density at radius 1 is 1.17 bits per heavy atom. The zero-order valence-electron chi connectivity index (χ0n) is 16.5. The molecule has 0 atom stereocenters. The highest BCUT2D eigenvalue weighted by Gasteiger charge is 2.19. The topological polar surface area (TPSA) is 84.3 Å². The number of imidazole rings is 1. The fourth-order valence-corrected chi connectivity index (χ4v) is 4.24. The second-order valence-corrected chi connectivity index (χ2v) is 9.83. The normalized spacial score (nSPS) is 11.9. The fraction of sp³-hybridized carbons (Fsp3) is 0.300. The third-order valence-electron chi connectivity index (χ3n) is 4.60. The van der Waals surface area contributed by atoms with Gasteiger partial charge in [0.05, 0.1) is 15.9 Å². The molecule has 29 heavy (non-hydrogen) atoms. The molecule has 1 heterocycles. The monoisotopic (exact) mass is 478 g/mol.